The molecule has 6 rings (SSSR count). The Hall–Kier alpha value is -4.11. The van der Waals surface area contributed by atoms with Crippen molar-refractivity contribution in [2.45, 2.75) is 38.8 Å². The average molecular weight is 485 g/mol. The Kier molecular flexibility index (Phi) is 6.36. The van der Waals surface area contributed by atoms with Crippen molar-refractivity contribution in [3.8, 4) is 5.75 Å². The summed E-state index contributed by atoms with van der Waals surface area (Å²) in [5, 5.41) is 3.83. The standard InChI is InChI=1S/C34H32N2O/c1-23-6-9-26(10-7-23)22-37-29-17-11-25(12-18-29)21-35-28-15-13-27(14-16-28)34-31-5-3-4-30(31)32-20-24(2)8-19-33(32)36-34/h3-4,6-21,30-31,34,36H,5,22H2,1-2H3/t30-,31+,34-/m0/s1. The molecule has 0 saturated carbocycles. The second-order valence-corrected chi connectivity index (χ2v) is 10.3. The van der Waals surface area contributed by atoms with Gasteiger partial charge in [-0.05, 0) is 90.9 Å². The number of nitrogens with zero attached hydrogens (tertiary/aromatic N) is 1. The number of anilines is 1. The minimum atomic E-state index is 0.306. The highest BCUT2D eigenvalue weighted by Gasteiger charge is 2.37. The fourth-order valence-corrected chi connectivity index (χ4v) is 5.46. The van der Waals surface area contributed by atoms with Crippen molar-refractivity contribution in [1.82, 2.24) is 0 Å². The van der Waals surface area contributed by atoms with Crippen molar-refractivity contribution in [1.29, 1.82) is 0 Å². The van der Waals surface area contributed by atoms with E-state index in [9.17, 15) is 0 Å². The number of benzene rings is 4. The van der Waals surface area contributed by atoms with Gasteiger partial charge in [-0.3, -0.25) is 4.99 Å². The SMILES string of the molecule is Cc1ccc(COc2ccc(C=Nc3ccc([C@@H]4Nc5ccc(C)cc5[C@H]5C=CC[C@H]54)cc3)cc2)cc1. The molecule has 1 aliphatic carbocycles. The van der Waals surface area contributed by atoms with Crippen molar-refractivity contribution in [3.63, 3.8) is 0 Å². The summed E-state index contributed by atoms with van der Waals surface area (Å²) in [7, 11) is 0. The Morgan fingerprint density at radius 1 is 0.865 bits per heavy atom. The molecule has 3 nitrogen and oxygen atoms in total. The molecule has 1 aliphatic heterocycles. The van der Waals surface area contributed by atoms with Gasteiger partial charge in [0, 0.05) is 17.8 Å². The van der Waals surface area contributed by atoms with E-state index in [1.807, 2.05) is 30.5 Å². The number of hydrogen-bond acceptors (Lipinski definition) is 3. The first kappa shape index (κ1) is 23.3. The van der Waals surface area contributed by atoms with Crippen LogP contribution < -0.4 is 10.1 Å². The fourth-order valence-electron chi connectivity index (χ4n) is 5.46. The van der Waals surface area contributed by atoms with Crippen LogP contribution in [0.4, 0.5) is 11.4 Å². The number of aliphatic imine (C=N–C) groups is 1. The predicted molar refractivity (Wildman–Crippen MR) is 153 cm³/mol. The third kappa shape index (κ3) is 5.08. The van der Waals surface area contributed by atoms with Crippen LogP contribution >= 0.6 is 0 Å². The molecule has 0 aromatic heterocycles. The molecule has 1 N–H and O–H groups in total. The minimum Gasteiger partial charge on any atom is -0.489 e. The topological polar surface area (TPSA) is 33.6 Å². The van der Waals surface area contributed by atoms with E-state index in [0.717, 1.165) is 23.4 Å². The summed E-state index contributed by atoms with van der Waals surface area (Å²) in [5.74, 6) is 1.90. The Morgan fingerprint density at radius 3 is 2.41 bits per heavy atom. The van der Waals surface area contributed by atoms with Gasteiger partial charge in [0.05, 0.1) is 11.7 Å². The predicted octanol–water partition coefficient (Wildman–Crippen LogP) is 8.46. The Morgan fingerprint density at radius 2 is 1.62 bits per heavy atom. The van der Waals surface area contributed by atoms with E-state index in [1.165, 1.54) is 33.5 Å². The molecule has 3 heteroatoms. The van der Waals surface area contributed by atoms with Crippen LogP contribution in [0.25, 0.3) is 0 Å². The zero-order valence-electron chi connectivity index (χ0n) is 21.4. The molecule has 0 unspecified atom stereocenters. The van der Waals surface area contributed by atoms with E-state index in [4.69, 9.17) is 9.73 Å². The van der Waals surface area contributed by atoms with E-state index in [1.54, 1.807) is 0 Å². The zero-order valence-corrected chi connectivity index (χ0v) is 21.4. The van der Waals surface area contributed by atoms with Crippen LogP contribution in [-0.4, -0.2) is 6.21 Å². The highest BCUT2D eigenvalue weighted by Crippen LogP contribution is 2.50. The maximum Gasteiger partial charge on any atom is 0.119 e. The molecule has 0 saturated heterocycles. The quantitative estimate of drug-likeness (QED) is 0.220. The van der Waals surface area contributed by atoms with Crippen LogP contribution in [0.1, 0.15) is 51.8 Å². The maximum atomic E-state index is 5.92. The van der Waals surface area contributed by atoms with Gasteiger partial charge >= 0.3 is 0 Å². The molecule has 0 spiro atoms. The lowest BCUT2D eigenvalue weighted by molar-refractivity contribution is 0.306. The highest BCUT2D eigenvalue weighted by molar-refractivity contribution is 5.82. The number of rotatable bonds is 6. The molecule has 3 atom stereocenters. The molecule has 0 radical (unpaired) electrons. The number of hydrogen-bond donors (Lipinski definition) is 1. The average Bonchev–Trinajstić information content (AvgIpc) is 3.43. The van der Waals surface area contributed by atoms with Crippen LogP contribution in [0, 0.1) is 19.8 Å². The number of ether oxygens (including phenoxy) is 1. The van der Waals surface area contributed by atoms with Crippen LogP contribution in [0.5, 0.6) is 5.75 Å². The largest absolute Gasteiger partial charge is 0.489 e. The molecular weight excluding hydrogens is 452 g/mol. The second kappa shape index (κ2) is 10.1. The molecular formula is C34H32N2O. The third-order valence-corrected chi connectivity index (χ3v) is 7.54. The summed E-state index contributed by atoms with van der Waals surface area (Å²) in [6, 6.07) is 32.3. The molecule has 37 heavy (non-hydrogen) atoms. The highest BCUT2D eigenvalue weighted by atomic mass is 16.5. The molecule has 2 aliphatic rings. The van der Waals surface area contributed by atoms with Gasteiger partial charge in [-0.1, -0.05) is 71.8 Å². The number of nitrogens with one attached hydrogen (secondary N) is 1. The van der Waals surface area contributed by atoms with E-state index in [0.29, 0.717) is 24.5 Å². The summed E-state index contributed by atoms with van der Waals surface area (Å²) in [6.07, 6.45) is 7.76. The van der Waals surface area contributed by atoms with E-state index >= 15 is 0 Å². The normalized spacial score (nSPS) is 19.9. The monoisotopic (exact) mass is 484 g/mol. The first-order valence-corrected chi connectivity index (χ1v) is 13.1. The van der Waals surface area contributed by atoms with Crippen LogP contribution in [0.15, 0.2) is 108 Å². The summed E-state index contributed by atoms with van der Waals surface area (Å²) in [6.45, 7) is 4.84. The number of fused-ring (bicyclic) bond motifs is 3. The number of aryl methyl sites for hydroxylation is 2. The van der Waals surface area contributed by atoms with Gasteiger partial charge in [-0.2, -0.15) is 0 Å². The van der Waals surface area contributed by atoms with E-state index < -0.39 is 0 Å². The lowest BCUT2D eigenvalue weighted by atomic mass is 9.76. The fraction of sp³-hybridized carbons (Fsp3) is 0.206. The minimum absolute atomic E-state index is 0.306. The molecule has 4 aromatic carbocycles. The molecule has 0 bridgehead atoms. The van der Waals surface area contributed by atoms with Gasteiger partial charge in [-0.15, -0.1) is 0 Å². The van der Waals surface area contributed by atoms with Crippen molar-refractivity contribution in [2.24, 2.45) is 10.9 Å². The van der Waals surface area contributed by atoms with Crippen LogP contribution in [0.2, 0.25) is 0 Å². The van der Waals surface area contributed by atoms with Crippen molar-refractivity contribution in [3.05, 3.63) is 137 Å². The molecule has 4 aromatic rings. The second-order valence-electron chi connectivity index (χ2n) is 10.3. The summed E-state index contributed by atoms with van der Waals surface area (Å²) in [5.41, 5.74) is 9.77. The van der Waals surface area contributed by atoms with Crippen LogP contribution in [-0.2, 0) is 6.61 Å². The smallest absolute Gasteiger partial charge is 0.119 e. The summed E-state index contributed by atoms with van der Waals surface area (Å²) in [4.78, 5) is 4.71. The zero-order chi connectivity index (χ0) is 25.2. The van der Waals surface area contributed by atoms with Crippen molar-refractivity contribution in [2.75, 3.05) is 5.32 Å². The van der Waals surface area contributed by atoms with E-state index in [2.05, 4.69) is 98.0 Å². The Bertz CT molecular complexity index is 1430. The molecule has 0 amide bonds. The Labute approximate surface area is 219 Å². The lowest BCUT2D eigenvalue weighted by Crippen LogP contribution is -2.29. The molecule has 0 fully saturated rings. The van der Waals surface area contributed by atoms with Gasteiger partial charge in [0.2, 0.25) is 0 Å². The van der Waals surface area contributed by atoms with Crippen LogP contribution in [0.3, 0.4) is 0 Å². The van der Waals surface area contributed by atoms with Gasteiger partial charge in [0.25, 0.3) is 0 Å². The summed E-state index contributed by atoms with van der Waals surface area (Å²) >= 11 is 0. The van der Waals surface area contributed by atoms with E-state index in [-0.39, 0.29) is 0 Å². The van der Waals surface area contributed by atoms with Gasteiger partial charge in [0.15, 0.2) is 0 Å². The van der Waals surface area contributed by atoms with Gasteiger partial charge < -0.3 is 10.1 Å². The molecule has 1 heterocycles. The lowest BCUT2D eigenvalue weighted by Gasteiger charge is -2.37. The van der Waals surface area contributed by atoms with Gasteiger partial charge in [0.1, 0.15) is 12.4 Å². The molecule has 184 valence electrons. The summed E-state index contributed by atoms with van der Waals surface area (Å²) < 4.78 is 5.92. The van der Waals surface area contributed by atoms with Crippen molar-refractivity contribution >= 4 is 17.6 Å². The Balaban J connectivity index is 1.10. The first-order chi connectivity index (χ1) is 18.1. The first-order valence-electron chi connectivity index (χ1n) is 13.1. The third-order valence-electron chi connectivity index (χ3n) is 7.54. The number of allylic oxidation sites excluding steroid dienone is 2. The van der Waals surface area contributed by atoms with Gasteiger partial charge in [-0.25, -0.2) is 0 Å². The van der Waals surface area contributed by atoms with Crippen molar-refractivity contribution < 1.29 is 4.74 Å². The maximum absolute atomic E-state index is 5.92.